The molecule has 4 heteroatoms. The van der Waals surface area contributed by atoms with E-state index in [0.717, 1.165) is 11.4 Å². The number of nitrogens with zero attached hydrogens (tertiary/aromatic N) is 2. The average Bonchev–Trinajstić information content (AvgIpc) is 3.65. The van der Waals surface area contributed by atoms with Crippen LogP contribution in [0.15, 0.2) is 176 Å². The largest absolute Gasteiger partial charge is 0.309 e. The van der Waals surface area contributed by atoms with Crippen molar-refractivity contribution < 1.29 is 0 Å². The van der Waals surface area contributed by atoms with Gasteiger partial charge in [-0.3, -0.25) is 0 Å². The van der Waals surface area contributed by atoms with Crippen LogP contribution in [0.1, 0.15) is 0 Å². The molecule has 0 amide bonds. The molecule has 0 saturated heterocycles. The van der Waals surface area contributed by atoms with Crippen LogP contribution in [-0.4, -0.2) is 9.13 Å². The Morgan fingerprint density at radius 1 is 0.304 bits per heavy atom. The lowest BCUT2D eigenvalue weighted by Gasteiger charge is -2.25. The summed E-state index contributed by atoms with van der Waals surface area (Å²) in [6, 6.07) is 60.9. The normalized spacial score (nSPS) is 12.0. The number of hydrogen-bond donors (Lipinski definition) is 0. The van der Waals surface area contributed by atoms with Crippen LogP contribution in [0, 0.1) is 0 Å². The second-order valence-electron chi connectivity index (χ2n) is 11.7. The first-order valence-corrected chi connectivity index (χ1v) is 18.4. The van der Waals surface area contributed by atoms with Crippen molar-refractivity contribution in [1.29, 1.82) is 0 Å². The number of fused-ring (bicyclic) bond motifs is 6. The summed E-state index contributed by atoms with van der Waals surface area (Å²) in [5, 5.41) is 8.62. The molecule has 46 heavy (non-hydrogen) atoms. The monoisotopic (exact) mass is 624 g/mol. The molecule has 0 aliphatic carbocycles. The number of aromatic nitrogens is 2. The Labute approximate surface area is 272 Å². The van der Waals surface area contributed by atoms with E-state index in [0.29, 0.717) is 0 Å². The fraction of sp³-hybridized carbons (Fsp3) is 0. The van der Waals surface area contributed by atoms with Gasteiger partial charge in [0.15, 0.2) is 0 Å². The Kier molecular flexibility index (Phi) is 6.31. The molecule has 0 radical (unpaired) electrons. The quantitative estimate of drug-likeness (QED) is 0.173. The highest BCUT2D eigenvalue weighted by molar-refractivity contribution is 8.25. The molecule has 2 nitrogen and oxygen atoms in total. The van der Waals surface area contributed by atoms with Crippen molar-refractivity contribution in [3.05, 3.63) is 176 Å². The second-order valence-corrected chi connectivity index (χ2v) is 16.1. The highest BCUT2D eigenvalue weighted by atomic mass is 32.4. The molecule has 0 saturated carbocycles. The van der Waals surface area contributed by atoms with E-state index in [4.69, 9.17) is 11.8 Å². The SMILES string of the molecule is S=P(c1ccccc1)(c1ccc(-n2c3ccccc3c3ccccc32)cc1)c1ccc(-n2c3ccccc3c3ccccc32)cc1. The first kappa shape index (κ1) is 27.1. The Hall–Kier alpha value is -5.21. The van der Waals surface area contributed by atoms with Gasteiger partial charge >= 0.3 is 0 Å². The predicted octanol–water partition coefficient (Wildman–Crippen LogP) is 9.64. The van der Waals surface area contributed by atoms with Crippen LogP contribution in [-0.2, 0) is 11.8 Å². The zero-order chi connectivity index (χ0) is 30.7. The van der Waals surface area contributed by atoms with Gasteiger partial charge in [0.25, 0.3) is 0 Å². The van der Waals surface area contributed by atoms with E-state index in [-0.39, 0.29) is 0 Å². The van der Waals surface area contributed by atoms with Crippen molar-refractivity contribution in [2.75, 3.05) is 0 Å². The van der Waals surface area contributed by atoms with E-state index >= 15 is 0 Å². The maximum atomic E-state index is 6.79. The summed E-state index contributed by atoms with van der Waals surface area (Å²) in [7, 11) is 0. The molecule has 0 N–H and O–H groups in total. The molecule has 0 spiro atoms. The highest BCUT2D eigenvalue weighted by Crippen LogP contribution is 2.44. The summed E-state index contributed by atoms with van der Waals surface area (Å²) < 4.78 is 4.72. The number of rotatable bonds is 5. The van der Waals surface area contributed by atoms with Crippen LogP contribution in [0.3, 0.4) is 0 Å². The third-order valence-electron chi connectivity index (χ3n) is 9.22. The Morgan fingerprint density at radius 3 is 0.935 bits per heavy atom. The van der Waals surface area contributed by atoms with E-state index in [9.17, 15) is 0 Å². The molecule has 9 aromatic rings. The van der Waals surface area contributed by atoms with E-state index in [1.807, 2.05) is 0 Å². The van der Waals surface area contributed by atoms with Gasteiger partial charge in [-0.2, -0.15) is 0 Å². The minimum absolute atomic E-state index is 1.14. The molecule has 0 aliphatic heterocycles. The van der Waals surface area contributed by atoms with Crippen LogP contribution in [0.2, 0.25) is 0 Å². The molecule has 2 aromatic heterocycles. The number of benzene rings is 7. The van der Waals surface area contributed by atoms with Gasteiger partial charge in [-0.15, -0.1) is 0 Å². The third kappa shape index (κ3) is 4.06. The van der Waals surface area contributed by atoms with Gasteiger partial charge in [0, 0.05) is 39.0 Å². The van der Waals surface area contributed by atoms with Crippen LogP contribution in [0.5, 0.6) is 0 Å². The highest BCUT2D eigenvalue weighted by Gasteiger charge is 2.25. The van der Waals surface area contributed by atoms with Crippen molar-refractivity contribution in [2.24, 2.45) is 0 Å². The van der Waals surface area contributed by atoms with Gasteiger partial charge in [-0.1, -0.05) is 139 Å². The minimum atomic E-state index is -2.35. The molecular weight excluding hydrogens is 596 g/mol. The average molecular weight is 625 g/mol. The van der Waals surface area contributed by atoms with Crippen molar-refractivity contribution >= 4 is 77.4 Å². The summed E-state index contributed by atoms with van der Waals surface area (Å²) in [4.78, 5) is 0. The maximum Gasteiger partial charge on any atom is 0.0541 e. The third-order valence-corrected chi connectivity index (χ3v) is 14.2. The summed E-state index contributed by atoms with van der Waals surface area (Å²) in [6.07, 6.45) is 0. The van der Waals surface area contributed by atoms with Crippen molar-refractivity contribution in [3.63, 3.8) is 0 Å². The minimum Gasteiger partial charge on any atom is -0.309 e. The Balaban J connectivity index is 1.18. The zero-order valence-electron chi connectivity index (χ0n) is 25.0. The Bertz CT molecular complexity index is 2330. The lowest BCUT2D eigenvalue weighted by molar-refractivity contribution is 1.18. The van der Waals surface area contributed by atoms with Gasteiger partial charge < -0.3 is 9.13 Å². The fourth-order valence-electron chi connectivity index (χ4n) is 7.11. The molecule has 0 aliphatic rings. The van der Waals surface area contributed by atoms with E-state index in [1.165, 1.54) is 59.5 Å². The number of para-hydroxylation sites is 4. The van der Waals surface area contributed by atoms with Gasteiger partial charge in [0.2, 0.25) is 0 Å². The molecule has 218 valence electrons. The van der Waals surface area contributed by atoms with Gasteiger partial charge in [0.05, 0.1) is 22.1 Å². The first-order valence-electron chi connectivity index (χ1n) is 15.6. The van der Waals surface area contributed by atoms with Crippen LogP contribution < -0.4 is 15.9 Å². The molecular formula is C42H29N2PS. The van der Waals surface area contributed by atoms with Crippen molar-refractivity contribution in [1.82, 2.24) is 9.13 Å². The molecule has 0 atom stereocenters. The van der Waals surface area contributed by atoms with E-state index in [2.05, 4.69) is 185 Å². The summed E-state index contributed by atoms with van der Waals surface area (Å²) in [5.41, 5.74) is 7.10. The van der Waals surface area contributed by atoms with Gasteiger partial charge in [-0.05, 0) is 64.4 Å². The lowest BCUT2D eigenvalue weighted by atomic mass is 10.2. The van der Waals surface area contributed by atoms with Gasteiger partial charge in [0.1, 0.15) is 0 Å². The fourth-order valence-corrected chi connectivity index (χ4v) is 10.8. The van der Waals surface area contributed by atoms with Gasteiger partial charge in [-0.25, -0.2) is 0 Å². The standard InChI is InChI=1S/C42H29N2PS/c46-45(32-12-2-1-3-13-32,33-26-22-30(23-27-33)43-39-18-8-4-14-35(39)36-15-5-9-19-40(36)43)34-28-24-31(25-29-34)44-41-20-10-6-16-37(41)38-17-7-11-21-42(38)44/h1-29H. The zero-order valence-corrected chi connectivity index (χ0v) is 26.7. The van der Waals surface area contributed by atoms with Crippen LogP contribution in [0.4, 0.5) is 0 Å². The second kappa shape index (κ2) is 10.7. The van der Waals surface area contributed by atoms with Crippen LogP contribution >= 0.6 is 6.04 Å². The first-order chi connectivity index (χ1) is 22.7. The Morgan fingerprint density at radius 2 is 0.587 bits per heavy atom. The van der Waals surface area contributed by atoms with E-state index < -0.39 is 6.04 Å². The molecule has 0 fully saturated rings. The topological polar surface area (TPSA) is 9.86 Å². The molecule has 7 aromatic carbocycles. The molecule has 2 heterocycles. The predicted molar refractivity (Wildman–Crippen MR) is 201 cm³/mol. The lowest BCUT2D eigenvalue weighted by Crippen LogP contribution is -2.25. The molecule has 0 unspecified atom stereocenters. The summed E-state index contributed by atoms with van der Waals surface area (Å²) in [5.74, 6) is 0. The van der Waals surface area contributed by atoms with E-state index in [1.54, 1.807) is 0 Å². The van der Waals surface area contributed by atoms with Crippen LogP contribution in [0.25, 0.3) is 55.0 Å². The van der Waals surface area contributed by atoms with Crippen molar-refractivity contribution in [3.8, 4) is 11.4 Å². The summed E-state index contributed by atoms with van der Waals surface area (Å²) in [6.45, 7) is 0. The summed E-state index contributed by atoms with van der Waals surface area (Å²) >= 11 is 6.79. The van der Waals surface area contributed by atoms with Crippen molar-refractivity contribution in [2.45, 2.75) is 0 Å². The maximum absolute atomic E-state index is 6.79. The smallest absolute Gasteiger partial charge is 0.0541 e. The number of hydrogen-bond acceptors (Lipinski definition) is 1. The molecule has 0 bridgehead atoms. The molecule has 9 rings (SSSR count).